The van der Waals surface area contributed by atoms with Crippen molar-refractivity contribution in [3.8, 4) is 0 Å². The molecule has 0 bridgehead atoms. The highest BCUT2D eigenvalue weighted by Gasteiger charge is 2.28. The highest BCUT2D eigenvalue weighted by Crippen LogP contribution is 2.20. The van der Waals surface area contributed by atoms with Crippen molar-refractivity contribution in [3.05, 3.63) is 35.1 Å². The van der Waals surface area contributed by atoms with Crippen molar-refractivity contribution >= 4 is 11.8 Å². The van der Waals surface area contributed by atoms with Crippen LogP contribution in [0.5, 0.6) is 0 Å². The number of hydrogen-bond donors (Lipinski definition) is 0. The third-order valence-electron chi connectivity index (χ3n) is 3.10. The number of carbonyl (C=O) groups excluding carboxylic acids is 2. The second-order valence-corrected chi connectivity index (χ2v) is 4.54. The van der Waals surface area contributed by atoms with Crippen LogP contribution in [-0.2, 0) is 9.53 Å². The van der Waals surface area contributed by atoms with E-state index in [-0.39, 0.29) is 5.78 Å². The molecule has 0 N–H and O–H groups in total. The molecule has 19 heavy (non-hydrogen) atoms. The molecule has 0 saturated carbocycles. The lowest BCUT2D eigenvalue weighted by atomic mass is 9.90. The average molecular weight is 266 g/mol. The van der Waals surface area contributed by atoms with E-state index in [1.807, 2.05) is 6.92 Å². The zero-order chi connectivity index (χ0) is 14.4. The lowest BCUT2D eigenvalue weighted by molar-refractivity contribution is -0.143. The number of carbonyl (C=O) groups is 2. The van der Waals surface area contributed by atoms with Gasteiger partial charge in [0.25, 0.3) is 0 Å². The Balaban J connectivity index is 3.01. The summed E-state index contributed by atoms with van der Waals surface area (Å²) in [6, 6.07) is 3.95. The highest BCUT2D eigenvalue weighted by atomic mass is 19.1. The molecular weight excluding hydrogens is 247 g/mol. The first-order valence-electron chi connectivity index (χ1n) is 6.39. The summed E-state index contributed by atoms with van der Waals surface area (Å²) in [6.45, 7) is 3.65. The molecule has 0 amide bonds. The molecule has 0 spiro atoms. The van der Waals surface area contributed by atoms with Crippen molar-refractivity contribution in [1.82, 2.24) is 0 Å². The topological polar surface area (TPSA) is 43.4 Å². The molecule has 0 aliphatic rings. The van der Waals surface area contributed by atoms with Gasteiger partial charge in [-0.3, -0.25) is 9.59 Å². The summed E-state index contributed by atoms with van der Waals surface area (Å²) in [7, 11) is 1.27. The zero-order valence-corrected chi connectivity index (χ0v) is 11.5. The average Bonchev–Trinajstić information content (AvgIpc) is 2.38. The Hall–Kier alpha value is -1.71. The molecule has 0 heterocycles. The first-order chi connectivity index (χ1) is 9.01. The van der Waals surface area contributed by atoms with Gasteiger partial charge in [-0.2, -0.15) is 0 Å². The van der Waals surface area contributed by atoms with Gasteiger partial charge in [0.2, 0.25) is 0 Å². The normalized spacial score (nSPS) is 12.0. The van der Waals surface area contributed by atoms with E-state index in [0.717, 1.165) is 12.8 Å². The monoisotopic (exact) mass is 266 g/mol. The molecule has 1 atom stereocenters. The van der Waals surface area contributed by atoms with E-state index in [1.165, 1.54) is 25.3 Å². The molecule has 0 fully saturated rings. The van der Waals surface area contributed by atoms with Gasteiger partial charge >= 0.3 is 5.97 Å². The van der Waals surface area contributed by atoms with E-state index >= 15 is 0 Å². The van der Waals surface area contributed by atoms with Gasteiger partial charge in [-0.05, 0) is 37.1 Å². The first-order valence-corrected chi connectivity index (χ1v) is 6.39. The minimum absolute atomic E-state index is 0.294. The van der Waals surface area contributed by atoms with E-state index < -0.39 is 17.7 Å². The van der Waals surface area contributed by atoms with Crippen LogP contribution in [0.4, 0.5) is 4.39 Å². The first kappa shape index (κ1) is 15.3. The van der Waals surface area contributed by atoms with Crippen LogP contribution in [0.2, 0.25) is 0 Å². The molecule has 1 rings (SSSR count). The van der Waals surface area contributed by atoms with Crippen molar-refractivity contribution in [1.29, 1.82) is 0 Å². The summed E-state index contributed by atoms with van der Waals surface area (Å²) in [5.41, 5.74) is 0.920. The van der Waals surface area contributed by atoms with E-state index in [0.29, 0.717) is 17.5 Å². The number of halogens is 1. The van der Waals surface area contributed by atoms with Gasteiger partial charge in [-0.25, -0.2) is 4.39 Å². The van der Waals surface area contributed by atoms with Gasteiger partial charge < -0.3 is 4.74 Å². The van der Waals surface area contributed by atoms with Crippen molar-refractivity contribution in [2.45, 2.75) is 33.1 Å². The highest BCUT2D eigenvalue weighted by molar-refractivity contribution is 6.09. The standard InChI is InChI=1S/C15H19FO3/c1-4-5-6-13(15(18)19-3)14(17)12-8-7-11(16)9-10(12)2/h7-9,13H,4-6H2,1-3H3. The lowest BCUT2D eigenvalue weighted by Crippen LogP contribution is -2.26. The third kappa shape index (κ3) is 3.88. The van der Waals surface area contributed by atoms with Crippen LogP contribution in [0, 0.1) is 18.7 Å². The van der Waals surface area contributed by atoms with Crippen LogP contribution >= 0.6 is 0 Å². The number of Topliss-reactive ketones (excluding diaryl/α,β-unsaturated/α-hetero) is 1. The number of ether oxygens (including phenoxy) is 1. The second kappa shape index (κ2) is 7.02. The largest absolute Gasteiger partial charge is 0.468 e. The minimum Gasteiger partial charge on any atom is -0.468 e. The molecule has 1 aromatic rings. The Morgan fingerprint density at radius 2 is 2.05 bits per heavy atom. The summed E-state index contributed by atoms with van der Waals surface area (Å²) in [6.07, 6.45) is 2.12. The van der Waals surface area contributed by atoms with Crippen LogP contribution in [0.15, 0.2) is 18.2 Å². The Kier molecular flexibility index (Phi) is 5.67. The number of esters is 1. The van der Waals surface area contributed by atoms with E-state index in [1.54, 1.807) is 6.92 Å². The van der Waals surface area contributed by atoms with Gasteiger partial charge in [0.15, 0.2) is 5.78 Å². The van der Waals surface area contributed by atoms with Crippen molar-refractivity contribution in [2.75, 3.05) is 7.11 Å². The molecule has 0 radical (unpaired) electrons. The van der Waals surface area contributed by atoms with Crippen molar-refractivity contribution < 1.29 is 18.7 Å². The Labute approximate surface area is 112 Å². The van der Waals surface area contributed by atoms with Gasteiger partial charge in [0, 0.05) is 5.56 Å². The van der Waals surface area contributed by atoms with Gasteiger partial charge in [0.05, 0.1) is 7.11 Å². The molecule has 0 aromatic heterocycles. The molecular formula is C15H19FO3. The molecule has 4 heteroatoms. The predicted octanol–water partition coefficient (Wildman–Crippen LogP) is 3.30. The quantitative estimate of drug-likeness (QED) is 0.451. The predicted molar refractivity (Wildman–Crippen MR) is 70.5 cm³/mol. The SMILES string of the molecule is CCCCC(C(=O)OC)C(=O)c1ccc(F)cc1C. The molecule has 0 saturated heterocycles. The van der Waals surface area contributed by atoms with E-state index in [9.17, 15) is 14.0 Å². The summed E-state index contributed by atoms with van der Waals surface area (Å²) in [5.74, 6) is -2.01. The van der Waals surface area contributed by atoms with Crippen LogP contribution in [0.25, 0.3) is 0 Å². The Bertz CT molecular complexity index is 468. The molecule has 0 aliphatic heterocycles. The van der Waals surface area contributed by atoms with E-state index in [2.05, 4.69) is 4.74 Å². The maximum absolute atomic E-state index is 13.0. The molecule has 1 aromatic carbocycles. The summed E-state index contributed by atoms with van der Waals surface area (Å²) in [4.78, 5) is 24.1. The lowest BCUT2D eigenvalue weighted by Gasteiger charge is -2.14. The summed E-state index contributed by atoms with van der Waals surface area (Å²) >= 11 is 0. The summed E-state index contributed by atoms with van der Waals surface area (Å²) < 4.78 is 17.7. The fraction of sp³-hybridized carbons (Fsp3) is 0.467. The Morgan fingerprint density at radius 1 is 1.37 bits per heavy atom. The number of rotatable bonds is 6. The molecule has 104 valence electrons. The number of benzene rings is 1. The number of unbranched alkanes of at least 4 members (excludes halogenated alkanes) is 1. The van der Waals surface area contributed by atoms with E-state index in [4.69, 9.17) is 0 Å². The van der Waals surface area contributed by atoms with Gasteiger partial charge in [-0.15, -0.1) is 0 Å². The minimum atomic E-state index is -0.797. The number of aryl methyl sites for hydroxylation is 1. The summed E-state index contributed by atoms with van der Waals surface area (Å²) in [5, 5.41) is 0. The Morgan fingerprint density at radius 3 is 2.58 bits per heavy atom. The number of methoxy groups -OCH3 is 1. The fourth-order valence-corrected chi connectivity index (χ4v) is 2.00. The molecule has 0 aliphatic carbocycles. The third-order valence-corrected chi connectivity index (χ3v) is 3.10. The number of hydrogen-bond acceptors (Lipinski definition) is 3. The second-order valence-electron chi connectivity index (χ2n) is 4.54. The smallest absolute Gasteiger partial charge is 0.316 e. The van der Waals surface area contributed by atoms with Crippen LogP contribution in [0.1, 0.15) is 42.1 Å². The maximum Gasteiger partial charge on any atom is 0.316 e. The van der Waals surface area contributed by atoms with Crippen LogP contribution in [0.3, 0.4) is 0 Å². The van der Waals surface area contributed by atoms with Crippen LogP contribution in [-0.4, -0.2) is 18.9 Å². The zero-order valence-electron chi connectivity index (χ0n) is 11.5. The number of ketones is 1. The fourth-order valence-electron chi connectivity index (χ4n) is 2.00. The van der Waals surface area contributed by atoms with Crippen LogP contribution < -0.4 is 0 Å². The van der Waals surface area contributed by atoms with Crippen molar-refractivity contribution in [2.24, 2.45) is 5.92 Å². The molecule has 3 nitrogen and oxygen atoms in total. The van der Waals surface area contributed by atoms with Crippen molar-refractivity contribution in [3.63, 3.8) is 0 Å². The van der Waals surface area contributed by atoms with Gasteiger partial charge in [-0.1, -0.05) is 19.8 Å². The molecule has 1 unspecified atom stereocenters. The maximum atomic E-state index is 13.0. The van der Waals surface area contributed by atoms with Gasteiger partial charge in [0.1, 0.15) is 11.7 Å².